The molecule has 1 fully saturated rings. The molecule has 2 N–H and O–H groups in total. The monoisotopic (exact) mass is 412 g/mol. The van der Waals surface area contributed by atoms with E-state index in [4.69, 9.17) is 4.74 Å². The molecule has 154 valence electrons. The Kier molecular flexibility index (Phi) is 6.31. The van der Waals surface area contributed by atoms with Crippen LogP contribution in [-0.2, 0) is 17.6 Å². The molecule has 29 heavy (non-hydrogen) atoms. The van der Waals surface area contributed by atoms with E-state index in [1.54, 1.807) is 23.5 Å². The molecule has 6 heteroatoms. The molecule has 2 atom stereocenters. The van der Waals surface area contributed by atoms with Crippen LogP contribution in [0, 0.1) is 5.92 Å². The van der Waals surface area contributed by atoms with Crippen LogP contribution < -0.4 is 10.6 Å². The van der Waals surface area contributed by atoms with Gasteiger partial charge in [-0.2, -0.15) is 0 Å². The van der Waals surface area contributed by atoms with E-state index in [9.17, 15) is 9.59 Å². The molecule has 0 unspecified atom stereocenters. The van der Waals surface area contributed by atoms with E-state index in [1.165, 1.54) is 23.3 Å². The summed E-state index contributed by atoms with van der Waals surface area (Å²) in [4.78, 5) is 27.6. The number of hydrogen-bond donors (Lipinski definition) is 2. The normalized spacial score (nSPS) is 20.9. The Morgan fingerprint density at radius 1 is 1.21 bits per heavy atom. The molecular formula is C23H28N2O3S. The molecule has 4 rings (SSSR count). The molecule has 0 bridgehead atoms. The first kappa shape index (κ1) is 20.1. The van der Waals surface area contributed by atoms with E-state index in [-0.39, 0.29) is 17.9 Å². The summed E-state index contributed by atoms with van der Waals surface area (Å²) in [5.41, 5.74) is 2.34. The molecule has 5 nitrogen and oxygen atoms in total. The smallest absolute Gasteiger partial charge is 0.265 e. The summed E-state index contributed by atoms with van der Waals surface area (Å²) in [6.45, 7) is 3.49. The average molecular weight is 413 g/mol. The Hall–Kier alpha value is -2.18. The third-order valence-corrected chi connectivity index (χ3v) is 7.16. The number of amides is 2. The quantitative estimate of drug-likeness (QED) is 0.738. The van der Waals surface area contributed by atoms with E-state index in [0.717, 1.165) is 43.1 Å². The minimum absolute atomic E-state index is 0.0880. The van der Waals surface area contributed by atoms with Crippen molar-refractivity contribution in [3.8, 4) is 0 Å². The van der Waals surface area contributed by atoms with E-state index in [1.807, 2.05) is 18.2 Å². The van der Waals surface area contributed by atoms with E-state index >= 15 is 0 Å². The van der Waals surface area contributed by atoms with Crippen molar-refractivity contribution in [2.75, 3.05) is 18.5 Å². The second kappa shape index (κ2) is 9.09. The van der Waals surface area contributed by atoms with Crippen molar-refractivity contribution in [3.63, 3.8) is 0 Å². The number of carbonyl (C=O) groups is 2. The lowest BCUT2D eigenvalue weighted by molar-refractivity contribution is 0.0858. The van der Waals surface area contributed by atoms with Crippen molar-refractivity contribution < 1.29 is 14.3 Å². The maximum Gasteiger partial charge on any atom is 0.265 e. The van der Waals surface area contributed by atoms with Gasteiger partial charge >= 0.3 is 0 Å². The van der Waals surface area contributed by atoms with Gasteiger partial charge in [-0.1, -0.05) is 25.5 Å². The number of aryl methyl sites for hydroxylation is 1. The first-order valence-corrected chi connectivity index (χ1v) is 11.4. The summed E-state index contributed by atoms with van der Waals surface area (Å²) in [5.74, 6) is 0.394. The fraction of sp³-hybridized carbons (Fsp3) is 0.478. The largest absolute Gasteiger partial charge is 0.376 e. The van der Waals surface area contributed by atoms with Gasteiger partial charge < -0.3 is 15.4 Å². The molecular weight excluding hydrogens is 384 g/mol. The molecule has 2 aromatic rings. The van der Waals surface area contributed by atoms with Crippen molar-refractivity contribution >= 4 is 28.8 Å². The third kappa shape index (κ3) is 4.70. The summed E-state index contributed by atoms with van der Waals surface area (Å²) in [7, 11) is 0. The average Bonchev–Trinajstić information content (AvgIpc) is 3.41. The fourth-order valence-corrected chi connectivity index (χ4v) is 5.24. The van der Waals surface area contributed by atoms with Crippen molar-refractivity contribution in [3.05, 3.63) is 51.2 Å². The van der Waals surface area contributed by atoms with Gasteiger partial charge in [0.05, 0.1) is 22.2 Å². The Labute approximate surface area is 175 Å². The van der Waals surface area contributed by atoms with E-state index in [0.29, 0.717) is 17.8 Å². The molecule has 0 spiro atoms. The van der Waals surface area contributed by atoms with Gasteiger partial charge in [-0.15, -0.1) is 11.3 Å². The molecule has 1 aromatic heterocycles. The molecule has 0 saturated carbocycles. The van der Waals surface area contributed by atoms with Crippen molar-refractivity contribution in [1.29, 1.82) is 0 Å². The minimum Gasteiger partial charge on any atom is -0.376 e. The summed E-state index contributed by atoms with van der Waals surface area (Å²) in [5, 5.41) is 5.88. The molecule has 1 aliphatic heterocycles. The van der Waals surface area contributed by atoms with Crippen LogP contribution in [0.4, 0.5) is 5.69 Å². The summed E-state index contributed by atoms with van der Waals surface area (Å²) >= 11 is 1.59. The Morgan fingerprint density at radius 3 is 2.86 bits per heavy atom. The summed E-state index contributed by atoms with van der Waals surface area (Å²) in [6, 6.07) is 9.20. The van der Waals surface area contributed by atoms with Crippen molar-refractivity contribution in [1.82, 2.24) is 5.32 Å². The van der Waals surface area contributed by atoms with Crippen LogP contribution in [-0.4, -0.2) is 31.1 Å². The SMILES string of the molecule is CC[C@H]1CCc2sc(C(=O)Nc3ccccc3C(=O)NC[C@@H]3CCCO3)cc2C1. The van der Waals surface area contributed by atoms with Crippen LogP contribution in [0.25, 0.3) is 0 Å². The minimum atomic E-state index is -0.187. The number of rotatable bonds is 6. The Morgan fingerprint density at radius 2 is 2.07 bits per heavy atom. The van der Waals surface area contributed by atoms with Crippen LogP contribution in [0.1, 0.15) is 63.1 Å². The molecule has 1 aromatic carbocycles. The standard InChI is InChI=1S/C23H28N2O3S/c1-2-15-9-10-20-16(12-15)13-21(29-20)23(27)25-19-8-4-3-7-18(19)22(26)24-14-17-6-5-11-28-17/h3-4,7-8,13,15,17H,2,5-6,9-12,14H2,1H3,(H,24,26)(H,25,27)/t15-,17-/m0/s1. The number of fused-ring (bicyclic) bond motifs is 1. The van der Waals surface area contributed by atoms with E-state index in [2.05, 4.69) is 17.6 Å². The van der Waals surface area contributed by atoms with E-state index < -0.39 is 0 Å². The van der Waals surface area contributed by atoms with Gasteiger partial charge in [0.25, 0.3) is 11.8 Å². The number of ether oxygens (including phenoxy) is 1. The molecule has 0 radical (unpaired) electrons. The van der Waals surface area contributed by atoms with Gasteiger partial charge in [-0.05, 0) is 61.8 Å². The predicted octanol–water partition coefficient (Wildman–Crippen LogP) is 4.42. The highest BCUT2D eigenvalue weighted by Gasteiger charge is 2.23. The Bertz CT molecular complexity index is 886. The van der Waals surface area contributed by atoms with Gasteiger partial charge in [-0.25, -0.2) is 0 Å². The van der Waals surface area contributed by atoms with Crippen LogP contribution in [0.2, 0.25) is 0 Å². The molecule has 2 heterocycles. The maximum atomic E-state index is 12.9. The highest BCUT2D eigenvalue weighted by molar-refractivity contribution is 7.14. The molecule has 1 aliphatic carbocycles. The number of hydrogen-bond acceptors (Lipinski definition) is 4. The zero-order valence-corrected chi connectivity index (χ0v) is 17.6. The fourth-order valence-electron chi connectivity index (χ4n) is 4.14. The van der Waals surface area contributed by atoms with Crippen LogP contribution in [0.15, 0.2) is 30.3 Å². The number of anilines is 1. The second-order valence-corrected chi connectivity index (χ2v) is 9.06. The van der Waals surface area contributed by atoms with Gasteiger partial charge in [-0.3, -0.25) is 9.59 Å². The second-order valence-electron chi connectivity index (χ2n) is 7.92. The predicted molar refractivity (Wildman–Crippen MR) is 116 cm³/mol. The van der Waals surface area contributed by atoms with Crippen molar-refractivity contribution in [2.45, 2.75) is 51.6 Å². The zero-order chi connectivity index (χ0) is 20.2. The molecule has 1 saturated heterocycles. The zero-order valence-electron chi connectivity index (χ0n) is 16.8. The summed E-state index contributed by atoms with van der Waals surface area (Å²) in [6.07, 6.45) is 6.62. The Balaban J connectivity index is 1.43. The number of nitrogens with one attached hydrogen (secondary N) is 2. The van der Waals surface area contributed by atoms with Crippen LogP contribution >= 0.6 is 11.3 Å². The first-order chi connectivity index (χ1) is 14.1. The lowest BCUT2D eigenvalue weighted by atomic mass is 9.87. The van der Waals surface area contributed by atoms with Crippen LogP contribution in [0.5, 0.6) is 0 Å². The number of carbonyl (C=O) groups excluding carboxylic acids is 2. The maximum absolute atomic E-state index is 12.9. The summed E-state index contributed by atoms with van der Waals surface area (Å²) < 4.78 is 5.56. The number of para-hydroxylation sites is 1. The highest BCUT2D eigenvalue weighted by Crippen LogP contribution is 2.34. The number of thiophene rings is 1. The van der Waals surface area contributed by atoms with Gasteiger partial charge in [0.2, 0.25) is 0 Å². The third-order valence-electron chi connectivity index (χ3n) is 5.92. The lowest BCUT2D eigenvalue weighted by Gasteiger charge is -2.19. The lowest BCUT2D eigenvalue weighted by Crippen LogP contribution is -2.32. The molecule has 2 aliphatic rings. The topological polar surface area (TPSA) is 67.4 Å². The highest BCUT2D eigenvalue weighted by atomic mass is 32.1. The van der Waals surface area contributed by atoms with Gasteiger partial charge in [0, 0.05) is 18.0 Å². The van der Waals surface area contributed by atoms with Crippen LogP contribution in [0.3, 0.4) is 0 Å². The van der Waals surface area contributed by atoms with Crippen molar-refractivity contribution in [2.24, 2.45) is 5.92 Å². The van der Waals surface area contributed by atoms with Gasteiger partial charge in [0.15, 0.2) is 0 Å². The number of benzene rings is 1. The first-order valence-electron chi connectivity index (χ1n) is 10.6. The van der Waals surface area contributed by atoms with Gasteiger partial charge in [0.1, 0.15) is 0 Å². The molecule has 2 amide bonds.